The van der Waals surface area contributed by atoms with E-state index in [0.29, 0.717) is 0 Å². The second-order valence-corrected chi connectivity index (χ2v) is 16.4. The van der Waals surface area contributed by atoms with Gasteiger partial charge in [-0.05, 0) is 0 Å². The van der Waals surface area contributed by atoms with Crippen LogP contribution in [0.1, 0.15) is 0 Å². The van der Waals surface area contributed by atoms with Crippen LogP contribution in [-0.2, 0) is 0 Å². The molecule has 1 heteroatoms. The van der Waals surface area contributed by atoms with E-state index < -0.39 is 13.3 Å². The third-order valence-corrected chi connectivity index (χ3v) is 7.80. The first-order chi connectivity index (χ1) is 8.57. The van der Waals surface area contributed by atoms with Crippen LogP contribution in [0.3, 0.4) is 0 Å². The van der Waals surface area contributed by atoms with Crippen LogP contribution in [0.4, 0.5) is 0 Å². The van der Waals surface area contributed by atoms with Crippen molar-refractivity contribution in [3.8, 4) is 0 Å². The summed E-state index contributed by atoms with van der Waals surface area (Å²) >= 11 is -1.89. The molecule has 18 heavy (non-hydrogen) atoms. The molecule has 0 aliphatic heterocycles. The quantitative estimate of drug-likeness (QED) is 0.457. The van der Waals surface area contributed by atoms with E-state index in [9.17, 15) is 0 Å². The Balaban J connectivity index is 2.58. The van der Waals surface area contributed by atoms with Crippen LogP contribution in [0.25, 0.3) is 21.5 Å². The standard InChI is InChI=1S/C17H18Ge/c1-18(2,3)17-15-10-6-4-8-13(15)12-14-9-5-7-11-16(14)17/h4-12H,1-3H3. The van der Waals surface area contributed by atoms with Crippen LogP contribution in [0.15, 0.2) is 54.6 Å². The van der Waals surface area contributed by atoms with Gasteiger partial charge in [0, 0.05) is 0 Å². The predicted molar refractivity (Wildman–Crippen MR) is 84.4 cm³/mol. The monoisotopic (exact) mass is 296 g/mol. The van der Waals surface area contributed by atoms with E-state index in [4.69, 9.17) is 0 Å². The van der Waals surface area contributed by atoms with Crippen molar-refractivity contribution >= 4 is 39.2 Å². The molecule has 3 rings (SSSR count). The molecule has 0 atom stereocenters. The normalized spacial score (nSPS) is 12.2. The van der Waals surface area contributed by atoms with Gasteiger partial charge >= 0.3 is 111 Å². The summed E-state index contributed by atoms with van der Waals surface area (Å²) in [6.45, 7) is 0. The molecule has 0 heterocycles. The summed E-state index contributed by atoms with van der Waals surface area (Å²) in [6.07, 6.45) is 0. The third-order valence-electron chi connectivity index (χ3n) is 3.52. The fourth-order valence-corrected chi connectivity index (χ4v) is 7.17. The molecule has 3 aromatic carbocycles. The minimum absolute atomic E-state index is 1.38. The first-order valence-corrected chi connectivity index (χ1v) is 13.8. The van der Waals surface area contributed by atoms with E-state index in [0.717, 1.165) is 0 Å². The first-order valence-electron chi connectivity index (χ1n) is 6.48. The van der Waals surface area contributed by atoms with Crippen LogP contribution >= 0.6 is 0 Å². The van der Waals surface area contributed by atoms with Crippen molar-refractivity contribution in [3.63, 3.8) is 0 Å². The molecule has 0 N–H and O–H groups in total. The summed E-state index contributed by atoms with van der Waals surface area (Å²) in [5.74, 6) is 7.44. The Morgan fingerprint density at radius 1 is 0.667 bits per heavy atom. The fraction of sp³-hybridized carbons (Fsp3) is 0.176. The molecule has 0 unspecified atom stereocenters. The van der Waals surface area contributed by atoms with Gasteiger partial charge in [0.2, 0.25) is 0 Å². The fourth-order valence-electron chi connectivity index (χ4n) is 2.82. The molecule has 0 aliphatic carbocycles. The van der Waals surface area contributed by atoms with E-state index in [-0.39, 0.29) is 0 Å². The summed E-state index contributed by atoms with van der Waals surface area (Å²) in [5, 5.41) is 5.69. The average molecular weight is 295 g/mol. The van der Waals surface area contributed by atoms with Gasteiger partial charge in [-0.15, -0.1) is 0 Å². The van der Waals surface area contributed by atoms with E-state index in [1.807, 2.05) is 0 Å². The Bertz CT molecular complexity index is 666. The number of fused-ring (bicyclic) bond motifs is 2. The molecule has 0 aliphatic rings. The summed E-state index contributed by atoms with van der Waals surface area (Å²) in [6, 6.07) is 20.0. The first kappa shape index (κ1) is 11.8. The molecule has 0 spiro atoms. The number of hydrogen-bond donors (Lipinski definition) is 0. The molecule has 0 fully saturated rings. The molecule has 0 saturated carbocycles. The van der Waals surface area contributed by atoms with Crippen molar-refractivity contribution in [2.45, 2.75) is 17.3 Å². The Morgan fingerprint density at radius 3 is 1.56 bits per heavy atom. The van der Waals surface area contributed by atoms with E-state index in [2.05, 4.69) is 71.9 Å². The molecule has 0 nitrogen and oxygen atoms in total. The van der Waals surface area contributed by atoms with Crippen molar-refractivity contribution in [2.75, 3.05) is 0 Å². The van der Waals surface area contributed by atoms with Crippen molar-refractivity contribution in [2.24, 2.45) is 0 Å². The van der Waals surface area contributed by atoms with Gasteiger partial charge in [-0.1, -0.05) is 0 Å². The Hall–Kier alpha value is -1.28. The minimum atomic E-state index is -1.89. The molecule has 0 radical (unpaired) electrons. The summed E-state index contributed by atoms with van der Waals surface area (Å²) in [4.78, 5) is 0. The molecule has 0 aromatic heterocycles. The second-order valence-electron chi connectivity index (χ2n) is 5.94. The van der Waals surface area contributed by atoms with Crippen LogP contribution < -0.4 is 4.40 Å². The average Bonchev–Trinajstić information content (AvgIpc) is 2.34. The Kier molecular flexibility index (Phi) is 2.71. The van der Waals surface area contributed by atoms with E-state index >= 15 is 0 Å². The summed E-state index contributed by atoms with van der Waals surface area (Å²) in [5.41, 5.74) is 0. The van der Waals surface area contributed by atoms with Crippen LogP contribution in [0.2, 0.25) is 17.3 Å². The number of rotatable bonds is 1. The van der Waals surface area contributed by atoms with Gasteiger partial charge in [-0.25, -0.2) is 0 Å². The van der Waals surface area contributed by atoms with Crippen molar-refractivity contribution in [3.05, 3.63) is 54.6 Å². The van der Waals surface area contributed by atoms with Gasteiger partial charge < -0.3 is 0 Å². The maximum absolute atomic E-state index is 2.48. The van der Waals surface area contributed by atoms with Crippen LogP contribution in [0, 0.1) is 0 Å². The summed E-state index contributed by atoms with van der Waals surface area (Å²) in [7, 11) is 0. The SMILES string of the molecule is [CH3][Ge]([CH3])([CH3])[c]1c2ccccc2cc2ccccc12. The van der Waals surface area contributed by atoms with Gasteiger partial charge in [0.25, 0.3) is 0 Å². The molecule has 0 amide bonds. The van der Waals surface area contributed by atoms with Crippen molar-refractivity contribution in [1.29, 1.82) is 0 Å². The van der Waals surface area contributed by atoms with E-state index in [1.54, 1.807) is 4.40 Å². The van der Waals surface area contributed by atoms with Gasteiger partial charge in [0.1, 0.15) is 0 Å². The molecule has 0 saturated heterocycles. The van der Waals surface area contributed by atoms with Crippen LogP contribution in [-0.4, -0.2) is 13.3 Å². The molecular weight excluding hydrogens is 277 g/mol. The van der Waals surface area contributed by atoms with Crippen LogP contribution in [0.5, 0.6) is 0 Å². The Morgan fingerprint density at radius 2 is 1.11 bits per heavy atom. The predicted octanol–water partition coefficient (Wildman–Crippen LogP) is 4.54. The van der Waals surface area contributed by atoms with Gasteiger partial charge in [-0.2, -0.15) is 0 Å². The zero-order chi connectivity index (χ0) is 12.8. The zero-order valence-corrected chi connectivity index (χ0v) is 13.3. The second kappa shape index (κ2) is 4.13. The molecule has 0 bridgehead atoms. The topological polar surface area (TPSA) is 0 Å². The van der Waals surface area contributed by atoms with E-state index in [1.165, 1.54) is 21.5 Å². The van der Waals surface area contributed by atoms with Crippen molar-refractivity contribution in [1.82, 2.24) is 0 Å². The third kappa shape index (κ3) is 1.85. The van der Waals surface area contributed by atoms with Gasteiger partial charge in [-0.3, -0.25) is 0 Å². The molecule has 90 valence electrons. The maximum atomic E-state index is 2.48. The van der Waals surface area contributed by atoms with Gasteiger partial charge in [0.15, 0.2) is 0 Å². The molecular formula is C17H18Ge. The number of hydrogen-bond acceptors (Lipinski definition) is 0. The molecule has 3 aromatic rings. The summed E-state index contributed by atoms with van der Waals surface area (Å²) < 4.78 is 1.64. The van der Waals surface area contributed by atoms with Gasteiger partial charge in [0.05, 0.1) is 0 Å². The number of benzene rings is 3. The zero-order valence-electron chi connectivity index (χ0n) is 11.2. The van der Waals surface area contributed by atoms with Crippen molar-refractivity contribution < 1.29 is 0 Å². The Labute approximate surface area is 111 Å².